The summed E-state index contributed by atoms with van der Waals surface area (Å²) in [5.74, 6) is 0. The Labute approximate surface area is 118 Å². The molecule has 0 amide bonds. The van der Waals surface area contributed by atoms with Crippen molar-refractivity contribution in [2.75, 3.05) is 40.3 Å². The fourth-order valence-electron chi connectivity index (χ4n) is 3.90. The van der Waals surface area contributed by atoms with Crippen molar-refractivity contribution in [3.05, 3.63) is 0 Å². The van der Waals surface area contributed by atoms with Crippen LogP contribution in [0.2, 0.25) is 0 Å². The molecule has 4 nitrogen and oxygen atoms in total. The van der Waals surface area contributed by atoms with Crippen molar-refractivity contribution in [1.82, 2.24) is 9.80 Å². The van der Waals surface area contributed by atoms with Crippen molar-refractivity contribution in [3.63, 3.8) is 0 Å². The third kappa shape index (κ3) is 3.30. The number of nitrogens with zero attached hydrogens (tertiary/aromatic N) is 2. The van der Waals surface area contributed by atoms with Crippen molar-refractivity contribution in [3.8, 4) is 0 Å². The molecular weight excluding hydrogens is 238 g/mol. The highest BCUT2D eigenvalue weighted by Gasteiger charge is 2.44. The minimum Gasteiger partial charge on any atom is -0.378 e. The van der Waals surface area contributed by atoms with Crippen LogP contribution < -0.4 is 5.73 Å². The van der Waals surface area contributed by atoms with E-state index in [0.29, 0.717) is 12.1 Å². The Morgan fingerprint density at radius 3 is 2.84 bits per heavy atom. The van der Waals surface area contributed by atoms with Crippen molar-refractivity contribution in [1.29, 1.82) is 0 Å². The zero-order valence-corrected chi connectivity index (χ0v) is 12.9. The van der Waals surface area contributed by atoms with Crippen molar-refractivity contribution >= 4 is 0 Å². The molecule has 3 atom stereocenters. The second kappa shape index (κ2) is 6.53. The lowest BCUT2D eigenvalue weighted by molar-refractivity contribution is -0.0775. The lowest BCUT2D eigenvalue weighted by Gasteiger charge is -2.49. The van der Waals surface area contributed by atoms with Crippen LogP contribution in [0.15, 0.2) is 0 Å². The summed E-state index contributed by atoms with van der Waals surface area (Å²) in [5, 5.41) is 0. The molecule has 0 bridgehead atoms. The van der Waals surface area contributed by atoms with Crippen LogP contribution in [-0.4, -0.2) is 67.8 Å². The van der Waals surface area contributed by atoms with E-state index in [1.54, 1.807) is 0 Å². The highest BCUT2D eigenvalue weighted by molar-refractivity contribution is 5.01. The topological polar surface area (TPSA) is 41.7 Å². The van der Waals surface area contributed by atoms with Gasteiger partial charge in [0.25, 0.3) is 0 Å². The average Bonchev–Trinajstić information content (AvgIpc) is 2.86. The molecule has 0 aliphatic carbocycles. The molecule has 0 aromatic heterocycles. The number of nitrogens with two attached hydrogens (primary N) is 1. The first-order chi connectivity index (χ1) is 9.11. The Kier molecular flexibility index (Phi) is 5.23. The molecule has 0 spiro atoms. The summed E-state index contributed by atoms with van der Waals surface area (Å²) in [4.78, 5) is 5.03. The molecule has 2 fully saturated rings. The maximum absolute atomic E-state index is 6.22. The third-order valence-electron chi connectivity index (χ3n) is 4.93. The first kappa shape index (κ1) is 15.2. The summed E-state index contributed by atoms with van der Waals surface area (Å²) in [6, 6.07) is 0.675. The standard InChI is InChI=1S/C15H31N3O/c1-4-14-10-15(12-16,7-9-19-14)18-8-5-6-13(18)11-17(2)3/h13-14H,4-12,16H2,1-3H3. The van der Waals surface area contributed by atoms with E-state index in [0.717, 1.165) is 39.0 Å². The summed E-state index contributed by atoms with van der Waals surface area (Å²) >= 11 is 0. The monoisotopic (exact) mass is 269 g/mol. The summed E-state index contributed by atoms with van der Waals surface area (Å²) in [7, 11) is 4.34. The van der Waals surface area contributed by atoms with Gasteiger partial charge in [-0.05, 0) is 52.7 Å². The molecule has 2 saturated heterocycles. The molecule has 4 heteroatoms. The molecule has 0 aromatic rings. The lowest BCUT2D eigenvalue weighted by Crippen LogP contribution is -2.61. The van der Waals surface area contributed by atoms with Gasteiger partial charge in [-0.3, -0.25) is 4.90 Å². The lowest BCUT2D eigenvalue weighted by atomic mass is 9.83. The number of ether oxygens (including phenoxy) is 1. The zero-order valence-electron chi connectivity index (χ0n) is 12.9. The summed E-state index contributed by atoms with van der Waals surface area (Å²) in [5.41, 5.74) is 6.41. The van der Waals surface area contributed by atoms with E-state index >= 15 is 0 Å². The first-order valence-electron chi connectivity index (χ1n) is 7.84. The van der Waals surface area contributed by atoms with Crippen molar-refractivity contribution < 1.29 is 4.74 Å². The molecule has 0 radical (unpaired) electrons. The highest BCUT2D eigenvalue weighted by atomic mass is 16.5. The predicted octanol–water partition coefficient (Wildman–Crippen LogP) is 1.30. The second-order valence-electron chi connectivity index (χ2n) is 6.54. The molecular formula is C15H31N3O. The molecule has 0 saturated carbocycles. The Morgan fingerprint density at radius 1 is 1.42 bits per heavy atom. The minimum atomic E-state index is 0.191. The van der Waals surface area contributed by atoms with Crippen LogP contribution in [0.5, 0.6) is 0 Å². The van der Waals surface area contributed by atoms with Crippen LogP contribution in [0, 0.1) is 0 Å². The van der Waals surface area contributed by atoms with E-state index in [9.17, 15) is 0 Å². The maximum Gasteiger partial charge on any atom is 0.0590 e. The smallest absolute Gasteiger partial charge is 0.0590 e. The van der Waals surface area contributed by atoms with Gasteiger partial charge in [0, 0.05) is 31.3 Å². The normalized spacial score (nSPS) is 37.1. The molecule has 2 aliphatic heterocycles. The van der Waals surface area contributed by atoms with Crippen LogP contribution in [0.1, 0.15) is 39.0 Å². The molecule has 112 valence electrons. The van der Waals surface area contributed by atoms with Gasteiger partial charge in [-0.1, -0.05) is 6.92 Å². The van der Waals surface area contributed by atoms with Gasteiger partial charge in [0.05, 0.1) is 6.10 Å². The van der Waals surface area contributed by atoms with E-state index in [1.807, 2.05) is 0 Å². The Morgan fingerprint density at radius 2 is 2.21 bits per heavy atom. The highest BCUT2D eigenvalue weighted by Crippen LogP contribution is 2.36. The molecule has 19 heavy (non-hydrogen) atoms. The van der Waals surface area contributed by atoms with Crippen LogP contribution in [0.3, 0.4) is 0 Å². The van der Waals surface area contributed by atoms with E-state index in [2.05, 4.69) is 30.8 Å². The van der Waals surface area contributed by atoms with Gasteiger partial charge in [0.15, 0.2) is 0 Å². The Bertz CT molecular complexity index is 285. The molecule has 2 heterocycles. The number of likely N-dealkylation sites (N-methyl/N-ethyl adjacent to an activating group) is 1. The van der Waals surface area contributed by atoms with Gasteiger partial charge < -0.3 is 15.4 Å². The van der Waals surface area contributed by atoms with E-state index < -0.39 is 0 Å². The van der Waals surface area contributed by atoms with Gasteiger partial charge in [-0.2, -0.15) is 0 Å². The molecule has 2 aliphatic rings. The fraction of sp³-hybridized carbons (Fsp3) is 1.00. The quantitative estimate of drug-likeness (QED) is 0.817. The van der Waals surface area contributed by atoms with Crippen molar-refractivity contribution in [2.45, 2.75) is 56.7 Å². The van der Waals surface area contributed by atoms with Gasteiger partial charge in [0.2, 0.25) is 0 Å². The number of hydrogen-bond donors (Lipinski definition) is 1. The summed E-state index contributed by atoms with van der Waals surface area (Å²) < 4.78 is 5.87. The van der Waals surface area contributed by atoms with Gasteiger partial charge in [-0.25, -0.2) is 0 Å². The third-order valence-corrected chi connectivity index (χ3v) is 4.93. The summed E-state index contributed by atoms with van der Waals surface area (Å²) in [6.07, 6.45) is 6.36. The maximum atomic E-state index is 6.22. The molecule has 0 aromatic carbocycles. The molecule has 2 N–H and O–H groups in total. The van der Waals surface area contributed by atoms with Gasteiger partial charge >= 0.3 is 0 Å². The van der Waals surface area contributed by atoms with Crippen LogP contribution >= 0.6 is 0 Å². The number of likely N-dealkylation sites (tertiary alicyclic amines) is 1. The Hall–Kier alpha value is -0.160. The van der Waals surface area contributed by atoms with E-state index in [-0.39, 0.29) is 5.54 Å². The number of rotatable bonds is 5. The first-order valence-corrected chi connectivity index (χ1v) is 7.84. The minimum absolute atomic E-state index is 0.191. The van der Waals surface area contributed by atoms with E-state index in [4.69, 9.17) is 10.5 Å². The number of hydrogen-bond acceptors (Lipinski definition) is 4. The predicted molar refractivity (Wildman–Crippen MR) is 79.3 cm³/mol. The van der Waals surface area contributed by atoms with Gasteiger partial charge in [0.1, 0.15) is 0 Å². The second-order valence-corrected chi connectivity index (χ2v) is 6.54. The largest absolute Gasteiger partial charge is 0.378 e. The van der Waals surface area contributed by atoms with Crippen LogP contribution in [-0.2, 0) is 4.74 Å². The average molecular weight is 269 g/mol. The molecule has 2 rings (SSSR count). The van der Waals surface area contributed by atoms with Crippen molar-refractivity contribution in [2.24, 2.45) is 5.73 Å². The molecule has 3 unspecified atom stereocenters. The van der Waals surface area contributed by atoms with Crippen LogP contribution in [0.4, 0.5) is 0 Å². The van der Waals surface area contributed by atoms with Crippen LogP contribution in [0.25, 0.3) is 0 Å². The fourth-order valence-corrected chi connectivity index (χ4v) is 3.90. The van der Waals surface area contributed by atoms with E-state index in [1.165, 1.54) is 19.4 Å². The zero-order chi connectivity index (χ0) is 13.9. The van der Waals surface area contributed by atoms with Gasteiger partial charge in [-0.15, -0.1) is 0 Å². The Balaban J connectivity index is 2.10. The summed E-state index contributed by atoms with van der Waals surface area (Å²) in [6.45, 7) is 6.24. The SMILES string of the molecule is CCC1CC(CN)(N2CCCC2CN(C)C)CCO1.